The lowest BCUT2D eigenvalue weighted by molar-refractivity contribution is 0.173. The molecule has 18 heavy (non-hydrogen) atoms. The van der Waals surface area contributed by atoms with Crippen LogP contribution in [0.4, 0.5) is 0 Å². The maximum absolute atomic E-state index is 10.3. The molecule has 1 unspecified atom stereocenters. The topological polar surface area (TPSA) is 47.3 Å². The zero-order valence-electron chi connectivity index (χ0n) is 10.5. The summed E-state index contributed by atoms with van der Waals surface area (Å²) in [5.41, 5.74) is 1.52. The molecule has 0 aliphatic heterocycles. The lowest BCUT2D eigenvalue weighted by Gasteiger charge is -2.11. The molecule has 0 saturated heterocycles. The maximum atomic E-state index is 10.3. The molecule has 0 radical (unpaired) electrons. The Labute approximate surface area is 115 Å². The van der Waals surface area contributed by atoms with E-state index in [1.807, 2.05) is 19.1 Å². The van der Waals surface area contributed by atoms with E-state index in [1.54, 1.807) is 18.8 Å². The Kier molecular flexibility index (Phi) is 3.94. The molecule has 2 rings (SSSR count). The van der Waals surface area contributed by atoms with E-state index in [0.29, 0.717) is 12.3 Å². The van der Waals surface area contributed by atoms with Gasteiger partial charge in [-0.1, -0.05) is 11.6 Å². The molecular formula is C12H15ClN2O2S. The summed E-state index contributed by atoms with van der Waals surface area (Å²) in [4.78, 5) is 1.04. The van der Waals surface area contributed by atoms with E-state index >= 15 is 0 Å². The van der Waals surface area contributed by atoms with E-state index in [9.17, 15) is 5.11 Å². The van der Waals surface area contributed by atoms with Crippen LogP contribution < -0.4 is 4.74 Å². The molecule has 0 aliphatic carbocycles. The summed E-state index contributed by atoms with van der Waals surface area (Å²) in [6.45, 7) is 1.86. The number of halogens is 1. The number of thiophene rings is 1. The van der Waals surface area contributed by atoms with Gasteiger partial charge in [0, 0.05) is 18.3 Å². The van der Waals surface area contributed by atoms with Crippen molar-refractivity contribution < 1.29 is 9.84 Å². The van der Waals surface area contributed by atoms with Crippen molar-refractivity contribution in [2.24, 2.45) is 7.05 Å². The SMILES string of the molecule is COc1c(C(O)Cc2ccc(Cl)s2)c(C)nn1C. The van der Waals surface area contributed by atoms with Crippen LogP contribution in [0.15, 0.2) is 12.1 Å². The van der Waals surface area contributed by atoms with E-state index in [4.69, 9.17) is 16.3 Å². The van der Waals surface area contributed by atoms with Gasteiger partial charge in [-0.3, -0.25) is 0 Å². The van der Waals surface area contributed by atoms with Gasteiger partial charge in [0.25, 0.3) is 0 Å². The maximum Gasteiger partial charge on any atom is 0.217 e. The molecule has 2 heterocycles. The average molecular weight is 287 g/mol. The van der Waals surface area contributed by atoms with Crippen LogP contribution in [0.1, 0.15) is 22.2 Å². The highest BCUT2D eigenvalue weighted by Crippen LogP contribution is 2.32. The normalized spacial score (nSPS) is 12.7. The van der Waals surface area contributed by atoms with Gasteiger partial charge in [0.1, 0.15) is 0 Å². The highest BCUT2D eigenvalue weighted by Gasteiger charge is 2.22. The Morgan fingerprint density at radius 3 is 2.83 bits per heavy atom. The average Bonchev–Trinajstić information content (AvgIpc) is 2.82. The Hall–Kier alpha value is -1.04. The first kappa shape index (κ1) is 13.4. The molecule has 0 amide bonds. The Morgan fingerprint density at radius 2 is 2.28 bits per heavy atom. The highest BCUT2D eigenvalue weighted by molar-refractivity contribution is 7.16. The van der Waals surface area contributed by atoms with Gasteiger partial charge < -0.3 is 9.84 Å². The fourth-order valence-electron chi connectivity index (χ4n) is 2.03. The third-order valence-electron chi connectivity index (χ3n) is 2.76. The smallest absolute Gasteiger partial charge is 0.217 e. The van der Waals surface area contributed by atoms with Gasteiger partial charge in [-0.05, 0) is 19.1 Å². The van der Waals surface area contributed by atoms with Crippen LogP contribution in [0, 0.1) is 6.92 Å². The van der Waals surface area contributed by atoms with Crippen LogP contribution in [0.25, 0.3) is 0 Å². The number of ether oxygens (including phenoxy) is 1. The van der Waals surface area contributed by atoms with E-state index < -0.39 is 6.10 Å². The summed E-state index contributed by atoms with van der Waals surface area (Å²) in [5, 5.41) is 14.6. The number of methoxy groups -OCH3 is 1. The monoisotopic (exact) mass is 286 g/mol. The molecule has 0 aromatic carbocycles. The predicted molar refractivity (Wildman–Crippen MR) is 72.5 cm³/mol. The number of rotatable bonds is 4. The lowest BCUT2D eigenvalue weighted by atomic mass is 10.1. The fraction of sp³-hybridized carbons (Fsp3) is 0.417. The summed E-state index contributed by atoms with van der Waals surface area (Å²) >= 11 is 7.35. The van der Waals surface area contributed by atoms with Crippen LogP contribution in [-0.2, 0) is 13.5 Å². The number of aryl methyl sites for hydroxylation is 2. The van der Waals surface area contributed by atoms with Crippen LogP contribution in [-0.4, -0.2) is 22.0 Å². The Balaban J connectivity index is 2.25. The first-order valence-electron chi connectivity index (χ1n) is 5.52. The summed E-state index contributed by atoms with van der Waals surface area (Å²) in [6, 6.07) is 3.76. The number of nitrogens with zero attached hydrogens (tertiary/aromatic N) is 2. The molecule has 1 N–H and O–H groups in total. The molecule has 98 valence electrons. The van der Waals surface area contributed by atoms with Crippen molar-refractivity contribution in [1.82, 2.24) is 9.78 Å². The standard InChI is InChI=1S/C12H15ClN2O2S/c1-7-11(12(17-3)15(2)14-7)9(16)6-8-4-5-10(13)18-8/h4-5,9,16H,6H2,1-3H3. The molecule has 0 spiro atoms. The predicted octanol–water partition coefficient (Wildman–Crippen LogP) is 2.73. The van der Waals surface area contributed by atoms with Crippen LogP contribution in [0.2, 0.25) is 4.34 Å². The minimum Gasteiger partial charge on any atom is -0.481 e. The van der Waals surface area contributed by atoms with Crippen molar-refractivity contribution in [1.29, 1.82) is 0 Å². The Morgan fingerprint density at radius 1 is 1.56 bits per heavy atom. The molecule has 0 fully saturated rings. The molecule has 6 heteroatoms. The summed E-state index contributed by atoms with van der Waals surface area (Å²) in [6.07, 6.45) is -0.122. The molecule has 0 saturated carbocycles. The van der Waals surface area contributed by atoms with Crippen molar-refractivity contribution in [3.63, 3.8) is 0 Å². The van der Waals surface area contributed by atoms with Crippen molar-refractivity contribution in [2.45, 2.75) is 19.4 Å². The second-order valence-corrected chi connectivity index (χ2v) is 5.86. The first-order valence-corrected chi connectivity index (χ1v) is 6.72. The second-order valence-electron chi connectivity index (χ2n) is 4.06. The van der Waals surface area contributed by atoms with Crippen molar-refractivity contribution >= 4 is 22.9 Å². The quantitative estimate of drug-likeness (QED) is 0.940. The minimum atomic E-state index is -0.636. The first-order chi connectivity index (χ1) is 8.52. The van der Waals surface area contributed by atoms with Gasteiger partial charge in [-0.15, -0.1) is 11.3 Å². The molecular weight excluding hydrogens is 272 g/mol. The molecule has 2 aromatic rings. The largest absolute Gasteiger partial charge is 0.481 e. The third-order valence-corrected chi connectivity index (χ3v) is 4.02. The van der Waals surface area contributed by atoms with E-state index in [0.717, 1.165) is 20.5 Å². The number of aromatic nitrogens is 2. The molecule has 1 atom stereocenters. The van der Waals surface area contributed by atoms with Crippen LogP contribution >= 0.6 is 22.9 Å². The number of hydrogen-bond donors (Lipinski definition) is 1. The summed E-state index contributed by atoms with van der Waals surface area (Å²) in [5.74, 6) is 0.600. The van der Waals surface area contributed by atoms with E-state index in [-0.39, 0.29) is 0 Å². The molecule has 4 nitrogen and oxygen atoms in total. The van der Waals surface area contributed by atoms with Crippen molar-refractivity contribution in [3.8, 4) is 5.88 Å². The molecule has 0 bridgehead atoms. The number of aliphatic hydroxyl groups excluding tert-OH is 1. The van der Waals surface area contributed by atoms with Crippen LogP contribution in [0.5, 0.6) is 5.88 Å². The third kappa shape index (κ3) is 2.53. The highest BCUT2D eigenvalue weighted by atomic mass is 35.5. The number of hydrogen-bond acceptors (Lipinski definition) is 4. The second kappa shape index (κ2) is 5.30. The number of aliphatic hydroxyl groups is 1. The zero-order chi connectivity index (χ0) is 13.3. The van der Waals surface area contributed by atoms with E-state index in [2.05, 4.69) is 5.10 Å². The van der Waals surface area contributed by atoms with Gasteiger partial charge in [-0.2, -0.15) is 5.10 Å². The van der Waals surface area contributed by atoms with Gasteiger partial charge in [0.2, 0.25) is 5.88 Å². The summed E-state index contributed by atoms with van der Waals surface area (Å²) < 4.78 is 7.64. The van der Waals surface area contributed by atoms with Crippen LogP contribution in [0.3, 0.4) is 0 Å². The van der Waals surface area contributed by atoms with Gasteiger partial charge in [0.15, 0.2) is 0 Å². The minimum absolute atomic E-state index is 0.514. The lowest BCUT2D eigenvalue weighted by Crippen LogP contribution is -2.04. The Bertz CT molecular complexity index is 550. The van der Waals surface area contributed by atoms with Gasteiger partial charge in [-0.25, -0.2) is 4.68 Å². The van der Waals surface area contributed by atoms with Crippen molar-refractivity contribution in [2.75, 3.05) is 7.11 Å². The summed E-state index contributed by atoms with van der Waals surface area (Å²) in [7, 11) is 3.37. The van der Waals surface area contributed by atoms with E-state index in [1.165, 1.54) is 11.3 Å². The van der Waals surface area contributed by atoms with Crippen molar-refractivity contribution in [3.05, 3.63) is 32.6 Å². The van der Waals surface area contributed by atoms with Gasteiger partial charge in [0.05, 0.1) is 28.8 Å². The zero-order valence-corrected chi connectivity index (χ0v) is 12.0. The van der Waals surface area contributed by atoms with Gasteiger partial charge >= 0.3 is 0 Å². The molecule has 2 aromatic heterocycles. The molecule has 0 aliphatic rings. The fourth-order valence-corrected chi connectivity index (χ4v) is 3.16.